The highest BCUT2D eigenvalue weighted by Gasteiger charge is 2.39. The first kappa shape index (κ1) is 21.4. The second kappa shape index (κ2) is 8.37. The maximum absolute atomic E-state index is 13.2. The van der Waals surface area contributed by atoms with E-state index in [1.54, 1.807) is 13.2 Å². The summed E-state index contributed by atoms with van der Waals surface area (Å²) in [6.07, 6.45) is 1.50. The molecule has 1 fully saturated rings. The zero-order valence-corrected chi connectivity index (χ0v) is 19.4. The second-order valence-corrected chi connectivity index (χ2v) is 10.5. The molecule has 0 N–H and O–H groups in total. The first-order valence-corrected chi connectivity index (χ1v) is 12.1. The number of methoxy groups -OCH3 is 1. The predicted molar refractivity (Wildman–Crippen MR) is 120 cm³/mol. The summed E-state index contributed by atoms with van der Waals surface area (Å²) in [5, 5.41) is 0. The lowest BCUT2D eigenvalue weighted by Gasteiger charge is -2.24. The number of hydrogen-bond acceptors (Lipinski definition) is 5. The summed E-state index contributed by atoms with van der Waals surface area (Å²) in [5.41, 5.74) is 1.46. The van der Waals surface area contributed by atoms with Gasteiger partial charge in [0, 0.05) is 23.3 Å². The van der Waals surface area contributed by atoms with Gasteiger partial charge in [-0.3, -0.25) is 9.59 Å². The van der Waals surface area contributed by atoms with Crippen LogP contribution in [0.25, 0.3) is 0 Å². The van der Waals surface area contributed by atoms with Gasteiger partial charge in [-0.1, -0.05) is 12.1 Å². The van der Waals surface area contributed by atoms with Gasteiger partial charge in [0.2, 0.25) is 10.0 Å². The number of benzene rings is 2. The molecule has 2 aromatic carbocycles. The fraction of sp³-hybridized carbons (Fsp3) is 0.333. The van der Waals surface area contributed by atoms with Gasteiger partial charge >= 0.3 is 0 Å². The second-order valence-electron chi connectivity index (χ2n) is 7.39. The van der Waals surface area contributed by atoms with Gasteiger partial charge in [0.25, 0.3) is 11.7 Å². The van der Waals surface area contributed by atoms with E-state index in [0.717, 1.165) is 22.0 Å². The van der Waals surface area contributed by atoms with Gasteiger partial charge in [0.15, 0.2) is 0 Å². The zero-order valence-electron chi connectivity index (χ0n) is 16.4. The third kappa shape index (κ3) is 3.79. The number of sulfonamides is 1. The predicted octanol–water partition coefficient (Wildman–Crippen LogP) is 2.82. The van der Waals surface area contributed by atoms with Crippen molar-refractivity contribution < 1.29 is 22.7 Å². The number of rotatable bonds is 6. The zero-order chi connectivity index (χ0) is 21.5. The van der Waals surface area contributed by atoms with Crippen molar-refractivity contribution in [3.8, 4) is 0 Å². The molecule has 30 heavy (non-hydrogen) atoms. The molecule has 1 unspecified atom stereocenters. The van der Waals surface area contributed by atoms with E-state index in [2.05, 4.69) is 22.6 Å². The molecule has 158 valence electrons. The van der Waals surface area contributed by atoms with E-state index in [-0.39, 0.29) is 23.0 Å². The molecular formula is C21H21IN2O5S. The Kier molecular flexibility index (Phi) is 5.97. The number of nitrogens with zero attached hydrogens (tertiary/aromatic N) is 2. The molecule has 9 heteroatoms. The summed E-state index contributed by atoms with van der Waals surface area (Å²) in [5.74, 6) is -1.32. The first-order valence-electron chi connectivity index (χ1n) is 9.58. The summed E-state index contributed by atoms with van der Waals surface area (Å²) in [6, 6.07) is 11.8. The van der Waals surface area contributed by atoms with Crippen molar-refractivity contribution >= 4 is 50.0 Å². The van der Waals surface area contributed by atoms with Crippen molar-refractivity contribution in [1.29, 1.82) is 0 Å². The topological polar surface area (TPSA) is 84.0 Å². The standard InChI is InChI=1S/C21H21IN2O5S/c1-29-13-16-3-2-10-24(16)30(27,28)17-8-9-19-18(11-17)20(25)21(26)23(19)12-14-4-6-15(22)7-5-14/h4-9,11,16H,2-3,10,12-13H2,1H3/i22-4. The largest absolute Gasteiger partial charge is 0.383 e. The Labute approximate surface area is 189 Å². The number of ketones is 1. The number of carbonyl (C=O) groups excluding carboxylic acids is 2. The fourth-order valence-electron chi connectivity index (χ4n) is 3.99. The summed E-state index contributed by atoms with van der Waals surface area (Å²) in [4.78, 5) is 26.6. The summed E-state index contributed by atoms with van der Waals surface area (Å²) in [7, 11) is -2.24. The minimum absolute atomic E-state index is 0.0292. The number of Topliss-reactive ketones (excluding diaryl/α,β-unsaturated/α-hetero) is 1. The van der Waals surface area contributed by atoms with Crippen LogP contribution in [0.3, 0.4) is 0 Å². The van der Waals surface area contributed by atoms with E-state index in [1.165, 1.54) is 21.3 Å². The van der Waals surface area contributed by atoms with Gasteiger partial charge in [0.05, 0.1) is 29.3 Å². The Hall–Kier alpha value is -1.82. The maximum Gasteiger partial charge on any atom is 0.299 e. The van der Waals surface area contributed by atoms with Crippen molar-refractivity contribution in [1.82, 2.24) is 4.31 Å². The molecular weight excluding hydrogens is 515 g/mol. The van der Waals surface area contributed by atoms with E-state index >= 15 is 0 Å². The van der Waals surface area contributed by atoms with Crippen LogP contribution in [0.15, 0.2) is 47.4 Å². The van der Waals surface area contributed by atoms with E-state index < -0.39 is 21.7 Å². The third-order valence-electron chi connectivity index (χ3n) is 5.49. The number of ether oxygens (including phenoxy) is 1. The van der Waals surface area contributed by atoms with E-state index in [4.69, 9.17) is 4.74 Å². The van der Waals surface area contributed by atoms with Gasteiger partial charge in [-0.25, -0.2) is 8.42 Å². The lowest BCUT2D eigenvalue weighted by molar-refractivity contribution is -0.114. The smallest absolute Gasteiger partial charge is 0.299 e. The Morgan fingerprint density at radius 1 is 1.13 bits per heavy atom. The van der Waals surface area contributed by atoms with Gasteiger partial charge in [-0.2, -0.15) is 4.31 Å². The molecule has 7 nitrogen and oxygen atoms in total. The number of hydrogen-bond donors (Lipinski definition) is 0. The first-order chi connectivity index (χ1) is 14.3. The molecule has 2 heterocycles. The Morgan fingerprint density at radius 2 is 1.87 bits per heavy atom. The van der Waals surface area contributed by atoms with Crippen LogP contribution in [0, 0.1) is 3.57 Å². The average Bonchev–Trinajstić information content (AvgIpc) is 3.29. The molecule has 0 spiro atoms. The Balaban J connectivity index is 1.65. The van der Waals surface area contributed by atoms with Gasteiger partial charge in [-0.05, 0) is 71.3 Å². The highest BCUT2D eigenvalue weighted by atomic mass is 123. The molecule has 0 saturated carbocycles. The SMILES string of the molecule is COCC1CCCN1S(=O)(=O)c1ccc2c(c1)C(=O)C(=O)N2Cc1ccc([123I])cc1. The maximum atomic E-state index is 13.2. The Bertz CT molecular complexity index is 1100. The number of halogens is 1. The van der Waals surface area contributed by atoms with Crippen LogP contribution in [0.5, 0.6) is 0 Å². The molecule has 0 radical (unpaired) electrons. The number of anilines is 1. The van der Waals surface area contributed by atoms with Crippen LogP contribution in [0.4, 0.5) is 5.69 Å². The molecule has 0 aromatic heterocycles. The monoisotopic (exact) mass is 536 g/mol. The number of carbonyl (C=O) groups is 2. The lowest BCUT2D eigenvalue weighted by atomic mass is 10.1. The average molecular weight is 536 g/mol. The number of amides is 1. The number of fused-ring (bicyclic) bond motifs is 1. The van der Waals surface area contributed by atoms with Gasteiger partial charge in [-0.15, -0.1) is 0 Å². The minimum atomic E-state index is -3.78. The van der Waals surface area contributed by atoms with Crippen molar-refractivity contribution in [3.05, 3.63) is 57.2 Å². The highest BCUT2D eigenvalue weighted by Crippen LogP contribution is 2.34. The van der Waals surface area contributed by atoms with Crippen LogP contribution in [0.1, 0.15) is 28.8 Å². The van der Waals surface area contributed by atoms with E-state index in [9.17, 15) is 18.0 Å². The van der Waals surface area contributed by atoms with Crippen molar-refractivity contribution in [3.63, 3.8) is 0 Å². The van der Waals surface area contributed by atoms with Crippen molar-refractivity contribution in [2.75, 3.05) is 25.2 Å². The Morgan fingerprint density at radius 3 is 2.57 bits per heavy atom. The molecule has 2 aliphatic rings. The third-order valence-corrected chi connectivity index (χ3v) is 8.15. The van der Waals surface area contributed by atoms with Crippen LogP contribution < -0.4 is 4.90 Å². The quantitative estimate of drug-likeness (QED) is 0.419. The molecule has 2 aliphatic heterocycles. The van der Waals surface area contributed by atoms with E-state index in [0.29, 0.717) is 18.8 Å². The summed E-state index contributed by atoms with van der Waals surface area (Å²) < 4.78 is 34.0. The molecule has 1 atom stereocenters. The van der Waals surface area contributed by atoms with Gasteiger partial charge in [0.1, 0.15) is 0 Å². The normalized spacial score (nSPS) is 19.5. The summed E-state index contributed by atoms with van der Waals surface area (Å²) in [6.45, 7) is 0.993. The van der Waals surface area contributed by atoms with Gasteiger partial charge < -0.3 is 9.64 Å². The van der Waals surface area contributed by atoms with Crippen molar-refractivity contribution in [2.45, 2.75) is 30.3 Å². The van der Waals surface area contributed by atoms with Crippen LogP contribution in [0.2, 0.25) is 0 Å². The molecule has 0 bridgehead atoms. The van der Waals surface area contributed by atoms with Crippen molar-refractivity contribution in [2.24, 2.45) is 0 Å². The lowest BCUT2D eigenvalue weighted by Crippen LogP contribution is -2.38. The highest BCUT2D eigenvalue weighted by molar-refractivity contribution is 14.1. The van der Waals surface area contributed by atoms with Crippen LogP contribution >= 0.6 is 22.6 Å². The molecule has 4 rings (SSSR count). The molecule has 0 aliphatic carbocycles. The van der Waals surface area contributed by atoms with Crippen LogP contribution in [-0.4, -0.2) is 50.7 Å². The summed E-state index contributed by atoms with van der Waals surface area (Å²) >= 11 is 2.20. The molecule has 2 aromatic rings. The van der Waals surface area contributed by atoms with E-state index in [1.807, 2.05) is 24.3 Å². The molecule has 1 amide bonds. The fourth-order valence-corrected chi connectivity index (χ4v) is 6.05. The van der Waals surface area contributed by atoms with Crippen LogP contribution in [-0.2, 0) is 26.1 Å². The minimum Gasteiger partial charge on any atom is -0.383 e. The molecule has 1 saturated heterocycles.